The smallest absolute Gasteiger partial charge is 0.309 e. The van der Waals surface area contributed by atoms with Gasteiger partial charge in [-0.25, -0.2) is 0 Å². The van der Waals surface area contributed by atoms with Crippen molar-refractivity contribution < 1.29 is 14.3 Å². The van der Waals surface area contributed by atoms with Crippen molar-refractivity contribution in [3.05, 3.63) is 35.4 Å². The topological polar surface area (TPSA) is 35.5 Å². The van der Waals surface area contributed by atoms with Gasteiger partial charge in [0.25, 0.3) is 0 Å². The number of benzene rings is 1. The highest BCUT2D eigenvalue weighted by molar-refractivity contribution is 5.72. The monoisotopic (exact) mass is 248 g/mol. The molecule has 0 N–H and O–H groups in total. The van der Waals surface area contributed by atoms with E-state index in [2.05, 4.69) is 31.2 Å². The number of hydrogen-bond donors (Lipinski definition) is 0. The molecule has 1 aliphatic rings. The minimum atomic E-state index is -0.0644. The van der Waals surface area contributed by atoms with Crippen molar-refractivity contribution >= 4 is 5.97 Å². The Morgan fingerprint density at radius 2 is 1.94 bits per heavy atom. The van der Waals surface area contributed by atoms with Gasteiger partial charge in [0.2, 0.25) is 0 Å². The molecule has 0 unspecified atom stereocenters. The molecule has 18 heavy (non-hydrogen) atoms. The van der Waals surface area contributed by atoms with Crippen LogP contribution in [0.2, 0.25) is 0 Å². The summed E-state index contributed by atoms with van der Waals surface area (Å²) in [4.78, 5) is 11.8. The van der Waals surface area contributed by atoms with Crippen LogP contribution in [0, 0.1) is 12.8 Å². The average Bonchev–Trinajstić information content (AvgIpc) is 2.42. The van der Waals surface area contributed by atoms with E-state index in [1.165, 1.54) is 11.1 Å². The van der Waals surface area contributed by atoms with Crippen LogP contribution in [-0.2, 0) is 20.7 Å². The number of hydrogen-bond acceptors (Lipinski definition) is 3. The summed E-state index contributed by atoms with van der Waals surface area (Å²) in [6.45, 7) is 3.89. The molecular weight excluding hydrogens is 228 g/mol. The SMILES string of the molecule is Cc1ccc(CCOC(=O)C2CCOCC2)cc1. The summed E-state index contributed by atoms with van der Waals surface area (Å²) in [5.74, 6) is -0.0258. The van der Waals surface area contributed by atoms with E-state index < -0.39 is 0 Å². The number of esters is 1. The van der Waals surface area contributed by atoms with Crippen molar-refractivity contribution in [3.63, 3.8) is 0 Å². The van der Waals surface area contributed by atoms with E-state index in [9.17, 15) is 4.79 Å². The second-order valence-corrected chi connectivity index (χ2v) is 4.79. The fourth-order valence-electron chi connectivity index (χ4n) is 2.08. The van der Waals surface area contributed by atoms with Crippen LogP contribution in [0.15, 0.2) is 24.3 Å². The molecule has 98 valence electrons. The van der Waals surface area contributed by atoms with Gasteiger partial charge in [0.05, 0.1) is 12.5 Å². The van der Waals surface area contributed by atoms with E-state index >= 15 is 0 Å². The quantitative estimate of drug-likeness (QED) is 0.768. The number of rotatable bonds is 4. The van der Waals surface area contributed by atoms with Crippen LogP contribution in [0.3, 0.4) is 0 Å². The molecule has 1 fully saturated rings. The third kappa shape index (κ3) is 3.84. The summed E-state index contributed by atoms with van der Waals surface area (Å²) in [7, 11) is 0. The first-order valence-electron chi connectivity index (χ1n) is 6.55. The molecule has 0 aliphatic carbocycles. The molecule has 3 heteroatoms. The second kappa shape index (κ2) is 6.55. The van der Waals surface area contributed by atoms with Crippen molar-refractivity contribution in [2.24, 2.45) is 5.92 Å². The lowest BCUT2D eigenvalue weighted by Crippen LogP contribution is -2.25. The Bertz CT molecular complexity index is 377. The first kappa shape index (κ1) is 13.1. The zero-order valence-electron chi connectivity index (χ0n) is 10.9. The maximum Gasteiger partial charge on any atom is 0.309 e. The van der Waals surface area contributed by atoms with E-state index in [-0.39, 0.29) is 11.9 Å². The van der Waals surface area contributed by atoms with Gasteiger partial charge >= 0.3 is 5.97 Å². The number of ether oxygens (including phenoxy) is 2. The molecule has 1 saturated heterocycles. The lowest BCUT2D eigenvalue weighted by Gasteiger charge is -2.20. The van der Waals surface area contributed by atoms with Gasteiger partial charge in [-0.2, -0.15) is 0 Å². The van der Waals surface area contributed by atoms with E-state index in [0.717, 1.165) is 19.3 Å². The Balaban J connectivity index is 1.71. The standard InChI is InChI=1S/C15H20O3/c1-12-2-4-13(5-3-12)6-11-18-15(16)14-7-9-17-10-8-14/h2-5,14H,6-11H2,1H3. The first-order valence-corrected chi connectivity index (χ1v) is 6.55. The molecule has 0 bridgehead atoms. The summed E-state index contributed by atoms with van der Waals surface area (Å²) in [5, 5.41) is 0. The zero-order valence-corrected chi connectivity index (χ0v) is 10.9. The van der Waals surface area contributed by atoms with E-state index in [1.807, 2.05) is 0 Å². The van der Waals surface area contributed by atoms with Crippen LogP contribution in [0.5, 0.6) is 0 Å². The fraction of sp³-hybridized carbons (Fsp3) is 0.533. The number of carbonyl (C=O) groups is 1. The zero-order chi connectivity index (χ0) is 12.8. The summed E-state index contributed by atoms with van der Waals surface area (Å²) in [6, 6.07) is 8.32. The van der Waals surface area contributed by atoms with Gasteiger partial charge in [-0.1, -0.05) is 29.8 Å². The highest BCUT2D eigenvalue weighted by atomic mass is 16.5. The van der Waals surface area contributed by atoms with Crippen molar-refractivity contribution in [1.82, 2.24) is 0 Å². The van der Waals surface area contributed by atoms with Crippen LogP contribution < -0.4 is 0 Å². The molecule has 2 rings (SSSR count). The summed E-state index contributed by atoms with van der Waals surface area (Å²) < 4.78 is 10.5. The Morgan fingerprint density at radius 1 is 1.28 bits per heavy atom. The van der Waals surface area contributed by atoms with Gasteiger partial charge < -0.3 is 9.47 Å². The van der Waals surface area contributed by atoms with E-state index in [4.69, 9.17) is 9.47 Å². The largest absolute Gasteiger partial charge is 0.465 e. The number of carbonyl (C=O) groups excluding carboxylic acids is 1. The molecule has 0 spiro atoms. The van der Waals surface area contributed by atoms with Gasteiger partial charge in [-0.05, 0) is 25.3 Å². The third-order valence-corrected chi connectivity index (χ3v) is 3.31. The second-order valence-electron chi connectivity index (χ2n) is 4.79. The maximum atomic E-state index is 11.8. The summed E-state index contributed by atoms with van der Waals surface area (Å²) in [5.41, 5.74) is 2.46. The minimum absolute atomic E-state index is 0.0387. The van der Waals surface area contributed by atoms with Gasteiger partial charge in [-0.15, -0.1) is 0 Å². The van der Waals surface area contributed by atoms with E-state index in [0.29, 0.717) is 19.8 Å². The molecular formula is C15H20O3. The first-order chi connectivity index (χ1) is 8.75. The van der Waals surface area contributed by atoms with Crippen LogP contribution >= 0.6 is 0 Å². The molecule has 1 aromatic rings. The average molecular weight is 248 g/mol. The summed E-state index contributed by atoms with van der Waals surface area (Å²) >= 11 is 0. The predicted molar refractivity (Wildman–Crippen MR) is 69.4 cm³/mol. The van der Waals surface area contributed by atoms with Crippen LogP contribution in [-0.4, -0.2) is 25.8 Å². The highest BCUT2D eigenvalue weighted by Gasteiger charge is 2.22. The van der Waals surface area contributed by atoms with Crippen LogP contribution in [0.4, 0.5) is 0 Å². The van der Waals surface area contributed by atoms with E-state index in [1.54, 1.807) is 0 Å². The van der Waals surface area contributed by atoms with Crippen LogP contribution in [0.1, 0.15) is 24.0 Å². The fourth-order valence-corrected chi connectivity index (χ4v) is 2.08. The molecule has 3 nitrogen and oxygen atoms in total. The molecule has 0 radical (unpaired) electrons. The third-order valence-electron chi connectivity index (χ3n) is 3.31. The van der Waals surface area contributed by atoms with Crippen molar-refractivity contribution in [1.29, 1.82) is 0 Å². The van der Waals surface area contributed by atoms with Crippen molar-refractivity contribution in [3.8, 4) is 0 Å². The Kier molecular flexibility index (Phi) is 4.76. The molecule has 0 atom stereocenters. The van der Waals surface area contributed by atoms with Gasteiger partial charge in [0.15, 0.2) is 0 Å². The Hall–Kier alpha value is -1.35. The lowest BCUT2D eigenvalue weighted by molar-refractivity contribution is -0.151. The summed E-state index contributed by atoms with van der Waals surface area (Å²) in [6.07, 6.45) is 2.38. The predicted octanol–water partition coefficient (Wildman–Crippen LogP) is 2.51. The maximum absolute atomic E-state index is 11.8. The Morgan fingerprint density at radius 3 is 2.61 bits per heavy atom. The molecule has 0 saturated carbocycles. The van der Waals surface area contributed by atoms with Gasteiger partial charge in [-0.3, -0.25) is 4.79 Å². The minimum Gasteiger partial charge on any atom is -0.465 e. The molecule has 0 aromatic heterocycles. The molecule has 0 amide bonds. The normalized spacial score (nSPS) is 16.5. The van der Waals surface area contributed by atoms with Gasteiger partial charge in [0, 0.05) is 19.6 Å². The van der Waals surface area contributed by atoms with Crippen LogP contribution in [0.25, 0.3) is 0 Å². The van der Waals surface area contributed by atoms with Crippen molar-refractivity contribution in [2.75, 3.05) is 19.8 Å². The molecule has 1 aliphatic heterocycles. The lowest BCUT2D eigenvalue weighted by atomic mass is 10.0. The number of aryl methyl sites for hydroxylation is 1. The highest BCUT2D eigenvalue weighted by Crippen LogP contribution is 2.16. The molecule has 1 aromatic carbocycles. The van der Waals surface area contributed by atoms with Gasteiger partial charge in [0.1, 0.15) is 0 Å². The Labute approximate surface area is 108 Å². The molecule has 1 heterocycles. The van der Waals surface area contributed by atoms with Crippen molar-refractivity contribution in [2.45, 2.75) is 26.2 Å².